The fourth-order valence-electron chi connectivity index (χ4n) is 0.426. The molecular weight excluding hydrogens is 136 g/mol. The molecule has 1 nitrogen and oxygen atoms in total. The van der Waals surface area contributed by atoms with Crippen LogP contribution in [0, 0.1) is 0 Å². The normalized spacial score (nSPS) is 11.2. The van der Waals surface area contributed by atoms with Crippen molar-refractivity contribution in [1.82, 2.24) is 0 Å². The van der Waals surface area contributed by atoms with Gasteiger partial charge in [-0.2, -0.15) is 0 Å². The number of carbonyl (C=O) groups excluding carboxylic acids is 1. The van der Waals surface area contributed by atoms with Crippen molar-refractivity contribution in [1.29, 1.82) is 0 Å². The monoisotopic (exact) mass is 144 g/mol. The van der Waals surface area contributed by atoms with Crippen molar-refractivity contribution in [3.8, 4) is 0 Å². The Hall–Kier alpha value is -0.560. The summed E-state index contributed by atoms with van der Waals surface area (Å²) in [4.78, 5) is 10.3. The molecule has 9 heavy (non-hydrogen) atoms. The first kappa shape index (κ1) is 8.44. The molecule has 0 saturated carbocycles. The molecule has 0 aromatic rings. The summed E-state index contributed by atoms with van der Waals surface area (Å²) in [6, 6.07) is 0. The average molecular weight is 145 g/mol. The highest BCUT2D eigenvalue weighted by Gasteiger charge is 1.95. The van der Waals surface area contributed by atoms with Gasteiger partial charge in [-0.15, -0.1) is 0 Å². The lowest BCUT2D eigenvalue weighted by Crippen LogP contribution is -1.86. The van der Waals surface area contributed by atoms with E-state index in [0.29, 0.717) is 5.57 Å². The molecule has 0 N–H and O–H groups in total. The predicted molar refractivity (Wildman–Crippen MR) is 39.4 cm³/mol. The van der Waals surface area contributed by atoms with E-state index in [-0.39, 0.29) is 0 Å². The van der Waals surface area contributed by atoms with Crippen LogP contribution < -0.4 is 0 Å². The van der Waals surface area contributed by atoms with E-state index in [0.717, 1.165) is 5.57 Å². The average Bonchev–Trinajstić information content (AvgIpc) is 1.63. The standard InChI is InChI=1S/C7H9ClO/c1-5(2)4-6(3)7(8)9/h4H,1H2,2-3H3. The molecule has 0 bridgehead atoms. The van der Waals surface area contributed by atoms with E-state index in [1.165, 1.54) is 0 Å². The van der Waals surface area contributed by atoms with Crippen molar-refractivity contribution >= 4 is 16.8 Å². The minimum atomic E-state index is -0.419. The minimum absolute atomic E-state index is 0.419. The molecule has 0 atom stereocenters. The van der Waals surface area contributed by atoms with Crippen LogP contribution in [0.25, 0.3) is 0 Å². The third-order valence-electron chi connectivity index (χ3n) is 0.773. The van der Waals surface area contributed by atoms with Crippen LogP contribution in [0.2, 0.25) is 0 Å². The molecule has 0 amide bonds. The van der Waals surface area contributed by atoms with E-state index in [1.54, 1.807) is 13.0 Å². The topological polar surface area (TPSA) is 17.1 Å². The van der Waals surface area contributed by atoms with Crippen LogP contribution in [-0.2, 0) is 4.79 Å². The van der Waals surface area contributed by atoms with Crippen LogP contribution in [0.4, 0.5) is 0 Å². The number of carbonyl (C=O) groups is 1. The Morgan fingerprint density at radius 1 is 1.56 bits per heavy atom. The van der Waals surface area contributed by atoms with E-state index in [9.17, 15) is 4.79 Å². The maximum Gasteiger partial charge on any atom is 0.248 e. The summed E-state index contributed by atoms with van der Waals surface area (Å²) in [5.74, 6) is 0. The van der Waals surface area contributed by atoms with Gasteiger partial charge in [-0.05, 0) is 25.4 Å². The molecular formula is C7H9ClO. The highest BCUT2D eigenvalue weighted by atomic mass is 35.5. The summed E-state index contributed by atoms with van der Waals surface area (Å²) >= 11 is 5.12. The lowest BCUT2D eigenvalue weighted by atomic mass is 10.2. The van der Waals surface area contributed by atoms with E-state index in [2.05, 4.69) is 6.58 Å². The van der Waals surface area contributed by atoms with Gasteiger partial charge in [-0.1, -0.05) is 18.2 Å². The number of hydrogen-bond acceptors (Lipinski definition) is 1. The van der Waals surface area contributed by atoms with Crippen molar-refractivity contribution in [2.75, 3.05) is 0 Å². The third-order valence-corrected chi connectivity index (χ3v) is 1.07. The van der Waals surface area contributed by atoms with Gasteiger partial charge >= 0.3 is 0 Å². The molecule has 0 unspecified atom stereocenters. The van der Waals surface area contributed by atoms with Crippen LogP contribution in [-0.4, -0.2) is 5.24 Å². The predicted octanol–water partition coefficient (Wildman–Crippen LogP) is 2.27. The number of hydrogen-bond donors (Lipinski definition) is 0. The second-order valence-corrected chi connectivity index (χ2v) is 2.29. The van der Waals surface area contributed by atoms with Gasteiger partial charge in [-0.3, -0.25) is 4.79 Å². The maximum absolute atomic E-state index is 10.3. The fraction of sp³-hybridized carbons (Fsp3) is 0.286. The quantitative estimate of drug-likeness (QED) is 0.330. The second kappa shape index (κ2) is 3.46. The van der Waals surface area contributed by atoms with E-state index < -0.39 is 5.24 Å². The minimum Gasteiger partial charge on any atom is -0.276 e. The second-order valence-electron chi connectivity index (χ2n) is 1.95. The molecule has 2 heteroatoms. The van der Waals surface area contributed by atoms with Crippen LogP contribution in [0.1, 0.15) is 13.8 Å². The van der Waals surface area contributed by atoms with Crippen LogP contribution >= 0.6 is 11.6 Å². The molecule has 0 aliphatic heterocycles. The Morgan fingerprint density at radius 2 is 2.00 bits per heavy atom. The van der Waals surface area contributed by atoms with Crippen molar-refractivity contribution in [3.05, 3.63) is 23.8 Å². The van der Waals surface area contributed by atoms with Gasteiger partial charge < -0.3 is 0 Å². The van der Waals surface area contributed by atoms with Gasteiger partial charge in [0.2, 0.25) is 5.24 Å². The van der Waals surface area contributed by atoms with Gasteiger partial charge in [0, 0.05) is 5.57 Å². The Bertz CT molecular complexity index is 168. The van der Waals surface area contributed by atoms with E-state index in [1.807, 2.05) is 6.92 Å². The summed E-state index contributed by atoms with van der Waals surface area (Å²) in [5.41, 5.74) is 1.37. The van der Waals surface area contributed by atoms with E-state index in [4.69, 9.17) is 11.6 Å². The molecule has 0 aromatic carbocycles. The molecule has 50 valence electrons. The molecule has 0 saturated heterocycles. The van der Waals surface area contributed by atoms with Crippen molar-refractivity contribution < 1.29 is 4.79 Å². The Balaban J connectivity index is 4.17. The first-order chi connectivity index (χ1) is 4.04. The van der Waals surface area contributed by atoms with Gasteiger partial charge in [0.1, 0.15) is 0 Å². The molecule has 0 rings (SSSR count). The summed E-state index contributed by atoms with van der Waals surface area (Å²) in [6.07, 6.45) is 1.65. The molecule has 0 aromatic heterocycles. The largest absolute Gasteiger partial charge is 0.276 e. The SMILES string of the molecule is C=C(C)C=C(C)C(=O)Cl. The molecule has 0 aliphatic rings. The number of rotatable bonds is 2. The van der Waals surface area contributed by atoms with E-state index >= 15 is 0 Å². The first-order valence-corrected chi connectivity index (χ1v) is 2.95. The van der Waals surface area contributed by atoms with Crippen LogP contribution in [0.3, 0.4) is 0 Å². The smallest absolute Gasteiger partial charge is 0.248 e. The Labute approximate surface area is 60.0 Å². The maximum atomic E-state index is 10.3. The highest BCUT2D eigenvalue weighted by Crippen LogP contribution is 2.02. The summed E-state index contributed by atoms with van der Waals surface area (Å²) in [6.45, 7) is 7.06. The van der Waals surface area contributed by atoms with Gasteiger partial charge in [0.15, 0.2) is 0 Å². The lowest BCUT2D eigenvalue weighted by Gasteiger charge is -1.89. The molecule has 0 fully saturated rings. The lowest BCUT2D eigenvalue weighted by molar-refractivity contribution is -0.108. The van der Waals surface area contributed by atoms with Crippen molar-refractivity contribution in [2.24, 2.45) is 0 Å². The van der Waals surface area contributed by atoms with Crippen LogP contribution in [0.15, 0.2) is 23.8 Å². The van der Waals surface area contributed by atoms with Gasteiger partial charge in [0.05, 0.1) is 0 Å². The van der Waals surface area contributed by atoms with Crippen molar-refractivity contribution in [2.45, 2.75) is 13.8 Å². The van der Waals surface area contributed by atoms with Crippen LogP contribution in [0.5, 0.6) is 0 Å². The van der Waals surface area contributed by atoms with Crippen molar-refractivity contribution in [3.63, 3.8) is 0 Å². The number of halogens is 1. The molecule has 0 aliphatic carbocycles. The zero-order valence-electron chi connectivity index (χ0n) is 5.57. The number of allylic oxidation sites excluding steroid dienone is 3. The molecule has 0 heterocycles. The molecule has 0 spiro atoms. The highest BCUT2D eigenvalue weighted by molar-refractivity contribution is 6.67. The fourth-order valence-corrected chi connectivity index (χ4v) is 0.481. The zero-order valence-corrected chi connectivity index (χ0v) is 6.33. The Morgan fingerprint density at radius 3 is 2.11 bits per heavy atom. The summed E-state index contributed by atoms with van der Waals surface area (Å²) in [7, 11) is 0. The summed E-state index contributed by atoms with van der Waals surface area (Å²) < 4.78 is 0. The van der Waals surface area contributed by atoms with Gasteiger partial charge in [0.25, 0.3) is 0 Å². The zero-order chi connectivity index (χ0) is 7.44. The first-order valence-electron chi connectivity index (χ1n) is 2.57. The molecule has 0 radical (unpaired) electrons. The Kier molecular flexibility index (Phi) is 3.25. The van der Waals surface area contributed by atoms with Gasteiger partial charge in [-0.25, -0.2) is 0 Å². The summed E-state index contributed by atoms with van der Waals surface area (Å²) in [5, 5.41) is -0.419. The third kappa shape index (κ3) is 3.98.